The van der Waals surface area contributed by atoms with E-state index >= 15 is 0 Å². The number of carbonyl (C=O) groups excluding carboxylic acids is 1. The number of hydrogen-bond acceptors (Lipinski definition) is 2. The van der Waals surface area contributed by atoms with Crippen LogP contribution in [-0.4, -0.2) is 18.0 Å². The number of carbonyl (C=O) groups is 1. The Hall–Kier alpha value is -0.510. The zero-order valence-electron chi connectivity index (χ0n) is 6.15. The topological polar surface area (TPSA) is 26.3 Å². The molecule has 0 aliphatic heterocycles. The van der Waals surface area contributed by atoms with E-state index in [0.717, 1.165) is 6.92 Å². The molecule has 0 aliphatic carbocycles. The second-order valence-corrected chi connectivity index (χ2v) is 2.24. The van der Waals surface area contributed by atoms with Gasteiger partial charge < -0.3 is 4.74 Å². The summed E-state index contributed by atoms with van der Waals surface area (Å²) in [4.78, 5) is 10.1. The molecule has 0 atom stereocenters. The zero-order valence-corrected chi connectivity index (χ0v) is 6.15. The van der Waals surface area contributed by atoms with Crippen LogP contribution in [0.1, 0.15) is 20.8 Å². The number of ether oxygens (including phenoxy) is 1. The molecule has 0 saturated carbocycles. The predicted molar refractivity (Wildman–Crippen MR) is 31.8 cm³/mol. The van der Waals surface area contributed by atoms with Gasteiger partial charge in [-0.05, 0) is 13.8 Å². The minimum Gasteiger partial charge on any atom is -0.312 e. The van der Waals surface area contributed by atoms with Gasteiger partial charge in [0.2, 0.25) is 5.78 Å². The summed E-state index contributed by atoms with van der Waals surface area (Å²) in [7, 11) is 0. The molecule has 0 heterocycles. The molecule has 0 radical (unpaired) electrons. The van der Waals surface area contributed by atoms with E-state index in [0.29, 0.717) is 0 Å². The van der Waals surface area contributed by atoms with Crippen molar-refractivity contribution in [3.63, 3.8) is 0 Å². The first kappa shape index (κ1) is 9.49. The molecule has 0 rings (SSSR count). The van der Waals surface area contributed by atoms with E-state index < -0.39 is 18.0 Å². The third-order valence-corrected chi connectivity index (χ3v) is 0.794. The van der Waals surface area contributed by atoms with Crippen LogP contribution in [0.5, 0.6) is 0 Å². The summed E-state index contributed by atoms with van der Waals surface area (Å²) in [6.07, 6.45) is -4.26. The third-order valence-electron chi connectivity index (χ3n) is 0.794. The smallest absolute Gasteiger partial charge is 0.312 e. The van der Waals surface area contributed by atoms with Crippen molar-refractivity contribution in [2.24, 2.45) is 0 Å². The van der Waals surface area contributed by atoms with E-state index in [9.17, 15) is 13.6 Å². The molecule has 10 heavy (non-hydrogen) atoms. The minimum absolute atomic E-state index is 0.640. The van der Waals surface area contributed by atoms with Crippen molar-refractivity contribution in [1.29, 1.82) is 0 Å². The molecule has 0 spiro atoms. The highest BCUT2D eigenvalue weighted by molar-refractivity contribution is 5.81. The molecule has 0 aromatic rings. The fourth-order valence-corrected chi connectivity index (χ4v) is 0.379. The van der Waals surface area contributed by atoms with Crippen molar-refractivity contribution in [2.45, 2.75) is 33.0 Å². The molecule has 60 valence electrons. The highest BCUT2D eigenvalue weighted by atomic mass is 19.3. The van der Waals surface area contributed by atoms with Gasteiger partial charge in [0.25, 0.3) is 0 Å². The Labute approximate surface area is 58.2 Å². The molecule has 0 aliphatic rings. The maximum absolute atomic E-state index is 12.2. The van der Waals surface area contributed by atoms with Crippen molar-refractivity contribution >= 4 is 5.78 Å². The van der Waals surface area contributed by atoms with Crippen molar-refractivity contribution in [2.75, 3.05) is 0 Å². The number of ketones is 1. The van der Waals surface area contributed by atoms with E-state index in [4.69, 9.17) is 0 Å². The molecular weight excluding hydrogens is 142 g/mol. The average molecular weight is 152 g/mol. The summed E-state index contributed by atoms with van der Waals surface area (Å²) in [6, 6.07) is 0. The summed E-state index contributed by atoms with van der Waals surface area (Å²) in [5.41, 5.74) is 0. The van der Waals surface area contributed by atoms with Gasteiger partial charge in [-0.25, -0.2) is 0 Å². The predicted octanol–water partition coefficient (Wildman–Crippen LogP) is 1.59. The number of rotatable bonds is 3. The standard InChI is InChI=1S/C6H10F2O2/c1-4(2)10-6(7,8)5(3)9/h4H,1-3H3. The Balaban J connectivity index is 4.00. The molecule has 0 N–H and O–H groups in total. The molecule has 4 heteroatoms. The number of Topliss-reactive ketones (excluding diaryl/α,β-unsaturated/α-hetero) is 1. The van der Waals surface area contributed by atoms with Gasteiger partial charge in [0.05, 0.1) is 6.10 Å². The first-order valence-corrected chi connectivity index (χ1v) is 2.93. The summed E-state index contributed by atoms with van der Waals surface area (Å²) >= 11 is 0. The first-order valence-electron chi connectivity index (χ1n) is 2.93. The maximum atomic E-state index is 12.2. The quantitative estimate of drug-likeness (QED) is 0.613. The lowest BCUT2D eigenvalue weighted by Crippen LogP contribution is -2.32. The van der Waals surface area contributed by atoms with Crippen LogP contribution in [0, 0.1) is 0 Å². The van der Waals surface area contributed by atoms with E-state index in [2.05, 4.69) is 4.74 Å². The fraction of sp³-hybridized carbons (Fsp3) is 0.833. The largest absolute Gasteiger partial charge is 0.416 e. The van der Waals surface area contributed by atoms with Crippen LogP contribution < -0.4 is 0 Å². The van der Waals surface area contributed by atoms with Crippen LogP contribution in [0.2, 0.25) is 0 Å². The van der Waals surface area contributed by atoms with Gasteiger partial charge in [-0.15, -0.1) is 0 Å². The summed E-state index contributed by atoms with van der Waals surface area (Å²) in [5, 5.41) is 0. The summed E-state index contributed by atoms with van der Waals surface area (Å²) in [6.45, 7) is 3.68. The van der Waals surface area contributed by atoms with Gasteiger partial charge in [0, 0.05) is 6.92 Å². The fourth-order valence-electron chi connectivity index (χ4n) is 0.379. The van der Waals surface area contributed by atoms with Gasteiger partial charge in [-0.2, -0.15) is 8.78 Å². The molecule has 0 amide bonds. The molecule has 0 saturated heterocycles. The number of halogens is 2. The van der Waals surface area contributed by atoms with Crippen molar-refractivity contribution in [3.05, 3.63) is 0 Å². The molecule has 0 aromatic heterocycles. The molecule has 0 bridgehead atoms. The van der Waals surface area contributed by atoms with Gasteiger partial charge in [-0.3, -0.25) is 4.79 Å². The van der Waals surface area contributed by atoms with Crippen molar-refractivity contribution in [1.82, 2.24) is 0 Å². The van der Waals surface area contributed by atoms with E-state index in [-0.39, 0.29) is 0 Å². The highest BCUT2D eigenvalue weighted by Crippen LogP contribution is 2.18. The monoisotopic (exact) mass is 152 g/mol. The van der Waals surface area contributed by atoms with Gasteiger partial charge in [0.1, 0.15) is 0 Å². The average Bonchev–Trinajstić information content (AvgIpc) is 1.60. The molecule has 0 fully saturated rings. The third kappa shape index (κ3) is 2.87. The minimum atomic E-state index is -3.62. The Bertz CT molecular complexity index is 132. The van der Waals surface area contributed by atoms with E-state index in [1.54, 1.807) is 0 Å². The van der Waals surface area contributed by atoms with E-state index in [1.807, 2.05) is 0 Å². The first-order chi connectivity index (χ1) is 4.36. The van der Waals surface area contributed by atoms with Gasteiger partial charge in [0.15, 0.2) is 0 Å². The highest BCUT2D eigenvalue weighted by Gasteiger charge is 2.37. The molecule has 0 aromatic carbocycles. The molecular formula is C6H10F2O2. The lowest BCUT2D eigenvalue weighted by Gasteiger charge is -2.15. The van der Waals surface area contributed by atoms with Crippen molar-refractivity contribution < 1.29 is 18.3 Å². The van der Waals surface area contributed by atoms with Crippen LogP contribution in [0.15, 0.2) is 0 Å². The second kappa shape index (κ2) is 3.05. The van der Waals surface area contributed by atoms with Gasteiger partial charge in [-0.1, -0.05) is 0 Å². The van der Waals surface area contributed by atoms with E-state index in [1.165, 1.54) is 13.8 Å². The van der Waals surface area contributed by atoms with Crippen LogP contribution in [0.4, 0.5) is 8.78 Å². The maximum Gasteiger partial charge on any atom is 0.416 e. The summed E-state index contributed by atoms with van der Waals surface area (Å²) in [5.74, 6) is -1.26. The van der Waals surface area contributed by atoms with Crippen molar-refractivity contribution in [3.8, 4) is 0 Å². The lowest BCUT2D eigenvalue weighted by atomic mass is 10.4. The van der Waals surface area contributed by atoms with Crippen LogP contribution >= 0.6 is 0 Å². The second-order valence-electron chi connectivity index (χ2n) is 2.24. The Kier molecular flexibility index (Phi) is 2.90. The number of alkyl halides is 2. The van der Waals surface area contributed by atoms with Crippen LogP contribution in [-0.2, 0) is 9.53 Å². The normalized spacial score (nSPS) is 12.2. The molecule has 2 nitrogen and oxygen atoms in total. The van der Waals surface area contributed by atoms with Crippen LogP contribution in [0.25, 0.3) is 0 Å². The SMILES string of the molecule is CC(=O)C(F)(F)OC(C)C. The van der Waals surface area contributed by atoms with Gasteiger partial charge >= 0.3 is 6.11 Å². The Morgan fingerprint density at radius 2 is 1.90 bits per heavy atom. The summed E-state index contributed by atoms with van der Waals surface area (Å²) < 4.78 is 28.5. The Morgan fingerprint density at radius 3 is 2.00 bits per heavy atom. The Morgan fingerprint density at radius 1 is 1.50 bits per heavy atom. The number of hydrogen-bond donors (Lipinski definition) is 0. The molecule has 0 unspecified atom stereocenters. The van der Waals surface area contributed by atoms with Crippen LogP contribution in [0.3, 0.4) is 0 Å². The lowest BCUT2D eigenvalue weighted by molar-refractivity contribution is -0.241. The zero-order chi connectivity index (χ0) is 8.36.